The Labute approximate surface area is 237 Å². The Kier molecular flexibility index (Phi) is 13.5. The summed E-state index contributed by atoms with van der Waals surface area (Å²) in [5, 5.41) is 13.1. The number of halogens is 2. The van der Waals surface area contributed by atoms with Gasteiger partial charge in [0.25, 0.3) is 0 Å². The fourth-order valence-corrected chi connectivity index (χ4v) is 5.53. The molecule has 10 heteroatoms. The molecule has 0 aliphatic carbocycles. The molecule has 0 heterocycles. The molecule has 0 aromatic heterocycles. The molecule has 0 aliphatic rings. The summed E-state index contributed by atoms with van der Waals surface area (Å²) in [6.45, 7) is 22.2. The molecule has 0 aliphatic heterocycles. The van der Waals surface area contributed by atoms with E-state index in [1.807, 2.05) is 20.8 Å². The first-order chi connectivity index (χ1) is 16.9. The normalized spacial score (nSPS) is 14.3. The van der Waals surface area contributed by atoms with Crippen LogP contribution in [0, 0.1) is 12.8 Å². The number of hydrogen-bond donors (Lipinski definition) is 2. The summed E-state index contributed by atoms with van der Waals surface area (Å²) in [7, 11) is -2.98. The Hall–Kier alpha value is -0.768. The summed E-state index contributed by atoms with van der Waals surface area (Å²) in [6, 6.07) is 6.32. The lowest BCUT2D eigenvalue weighted by Gasteiger charge is -2.42. The van der Waals surface area contributed by atoms with Crippen LogP contribution in [0.1, 0.15) is 65.2 Å². The largest absolute Gasteiger partial charge is 0.460 e. The van der Waals surface area contributed by atoms with Crippen LogP contribution in [0.25, 0.3) is 0 Å². The Morgan fingerprint density at radius 2 is 1.70 bits per heavy atom. The van der Waals surface area contributed by atoms with Crippen LogP contribution in [-0.2, 0) is 14.0 Å². The van der Waals surface area contributed by atoms with E-state index in [0.29, 0.717) is 31.4 Å². The number of carbonyl (C=O) groups excluding carboxylic acids is 1. The number of carbonyl (C=O) groups is 1. The second-order valence-corrected chi connectivity index (χ2v) is 17.9. The molecule has 2 N–H and O–H groups in total. The number of anilines is 1. The lowest BCUT2D eigenvalue weighted by molar-refractivity contribution is -0.156. The maximum atomic E-state index is 13.0. The molecule has 1 rings (SSSR count). The Morgan fingerprint density at radius 1 is 1.14 bits per heavy atom. The molecule has 1 aromatic rings. The van der Waals surface area contributed by atoms with E-state index in [4.69, 9.17) is 32.4 Å². The van der Waals surface area contributed by atoms with Gasteiger partial charge in [-0.05, 0) is 82.5 Å². The zero-order chi connectivity index (χ0) is 28.6. The van der Waals surface area contributed by atoms with E-state index < -0.39 is 21.0 Å². The van der Waals surface area contributed by atoms with Crippen molar-refractivity contribution in [2.75, 3.05) is 36.3 Å². The molecule has 2 unspecified atom stereocenters. The molecule has 2 atom stereocenters. The predicted octanol–water partition coefficient (Wildman–Crippen LogP) is 6.39. The van der Waals surface area contributed by atoms with Gasteiger partial charge in [0.15, 0.2) is 8.32 Å². The van der Waals surface area contributed by atoms with Crippen LogP contribution in [0.15, 0.2) is 18.2 Å². The van der Waals surface area contributed by atoms with Crippen LogP contribution in [-0.4, -0.2) is 63.4 Å². The summed E-state index contributed by atoms with van der Waals surface area (Å²) in [6.07, 6.45) is -0.221. The summed E-state index contributed by atoms with van der Waals surface area (Å²) >= 11 is 12.2. The molecule has 0 spiro atoms. The van der Waals surface area contributed by atoms with E-state index in [9.17, 15) is 9.82 Å². The summed E-state index contributed by atoms with van der Waals surface area (Å²) in [5.74, 6) is 0.433. The maximum Gasteiger partial charge on any atom is 0.373 e. The molecular weight excluding hydrogens is 526 g/mol. The molecule has 0 amide bonds. The topological polar surface area (TPSA) is 71.0 Å². The third-order valence-electron chi connectivity index (χ3n) is 6.82. The lowest BCUT2D eigenvalue weighted by atomic mass is 9.84. The lowest BCUT2D eigenvalue weighted by Crippen LogP contribution is -2.46. The SMILES string of the molecule is CB(O)NCC(CC(=O)OC(C)(C)C)C(O[Si](C)(C)C(C)(C)C)c1cc(N(CCCl)CCCl)ccc1C. The Morgan fingerprint density at radius 3 is 2.16 bits per heavy atom. The molecule has 0 radical (unpaired) electrons. The number of benzene rings is 1. The van der Waals surface area contributed by atoms with Crippen molar-refractivity contribution in [3.63, 3.8) is 0 Å². The highest BCUT2D eigenvalue weighted by atomic mass is 35.5. The van der Waals surface area contributed by atoms with Crippen molar-refractivity contribution in [3.8, 4) is 0 Å². The number of nitrogens with zero attached hydrogens (tertiary/aromatic N) is 1. The van der Waals surface area contributed by atoms with Gasteiger partial charge in [-0.2, -0.15) is 0 Å². The maximum absolute atomic E-state index is 13.0. The van der Waals surface area contributed by atoms with Gasteiger partial charge >= 0.3 is 13.0 Å². The number of aryl methyl sites for hydroxylation is 1. The predicted molar refractivity (Wildman–Crippen MR) is 162 cm³/mol. The zero-order valence-electron chi connectivity index (χ0n) is 24.6. The first kappa shape index (κ1) is 34.3. The second-order valence-electron chi connectivity index (χ2n) is 12.3. The molecule has 212 valence electrons. The number of hydrogen-bond acceptors (Lipinski definition) is 6. The monoisotopic (exact) mass is 574 g/mol. The van der Waals surface area contributed by atoms with Crippen molar-refractivity contribution in [1.82, 2.24) is 5.23 Å². The Balaban J connectivity index is 3.66. The van der Waals surface area contributed by atoms with E-state index in [1.54, 1.807) is 6.82 Å². The van der Waals surface area contributed by atoms with Crippen LogP contribution < -0.4 is 10.1 Å². The van der Waals surface area contributed by atoms with E-state index in [0.717, 1.165) is 16.8 Å². The second kappa shape index (κ2) is 14.6. The van der Waals surface area contributed by atoms with Crippen LogP contribution in [0.4, 0.5) is 5.69 Å². The quantitative estimate of drug-likeness (QED) is 0.152. The Bertz CT molecular complexity index is 854. The van der Waals surface area contributed by atoms with Gasteiger partial charge < -0.3 is 24.3 Å². The van der Waals surface area contributed by atoms with Gasteiger partial charge in [-0.25, -0.2) is 0 Å². The van der Waals surface area contributed by atoms with Crippen molar-refractivity contribution in [2.45, 2.75) is 91.5 Å². The average Bonchev–Trinajstić information content (AvgIpc) is 2.73. The number of nitrogens with one attached hydrogen (secondary N) is 1. The van der Waals surface area contributed by atoms with E-state index in [1.165, 1.54) is 0 Å². The highest BCUT2D eigenvalue weighted by Gasteiger charge is 2.42. The third-order valence-corrected chi connectivity index (χ3v) is 11.6. The van der Waals surface area contributed by atoms with Crippen molar-refractivity contribution in [3.05, 3.63) is 29.3 Å². The number of esters is 1. The van der Waals surface area contributed by atoms with Gasteiger partial charge in [-0.1, -0.05) is 26.8 Å². The fourth-order valence-electron chi connectivity index (χ4n) is 3.82. The van der Waals surface area contributed by atoms with Crippen molar-refractivity contribution in [1.29, 1.82) is 0 Å². The molecule has 0 saturated carbocycles. The molecule has 6 nitrogen and oxygen atoms in total. The summed E-state index contributed by atoms with van der Waals surface area (Å²) in [4.78, 5) is 15.2. The summed E-state index contributed by atoms with van der Waals surface area (Å²) in [5.41, 5.74) is 2.53. The first-order valence-electron chi connectivity index (χ1n) is 13.2. The number of alkyl halides is 2. The number of ether oxygens (including phenoxy) is 1. The molecule has 0 saturated heterocycles. The molecule has 1 aromatic carbocycles. The van der Waals surface area contributed by atoms with Crippen molar-refractivity contribution < 1.29 is 19.0 Å². The van der Waals surface area contributed by atoms with Gasteiger partial charge in [-0.15, -0.1) is 23.2 Å². The highest BCUT2D eigenvalue weighted by Crippen LogP contribution is 2.43. The van der Waals surface area contributed by atoms with Gasteiger partial charge in [0.05, 0.1) is 12.5 Å². The van der Waals surface area contributed by atoms with Crippen molar-refractivity contribution >= 4 is 50.2 Å². The fraction of sp³-hybridized carbons (Fsp3) is 0.741. The molecular formula is C27H49BCl2N2O4Si. The van der Waals surface area contributed by atoms with Crippen LogP contribution >= 0.6 is 23.2 Å². The van der Waals surface area contributed by atoms with Gasteiger partial charge in [0.2, 0.25) is 0 Å². The zero-order valence-corrected chi connectivity index (χ0v) is 27.1. The minimum atomic E-state index is -2.26. The van der Waals surface area contributed by atoms with Crippen LogP contribution in [0.2, 0.25) is 25.0 Å². The van der Waals surface area contributed by atoms with E-state index >= 15 is 0 Å². The number of rotatable bonds is 14. The van der Waals surface area contributed by atoms with Crippen molar-refractivity contribution in [2.24, 2.45) is 5.92 Å². The van der Waals surface area contributed by atoms with Gasteiger partial charge in [0.1, 0.15) is 5.60 Å². The first-order valence-corrected chi connectivity index (χ1v) is 17.2. The minimum Gasteiger partial charge on any atom is -0.460 e. The summed E-state index contributed by atoms with van der Waals surface area (Å²) < 4.78 is 12.8. The van der Waals surface area contributed by atoms with E-state index in [-0.39, 0.29) is 29.5 Å². The molecule has 0 fully saturated rings. The van der Waals surface area contributed by atoms with Gasteiger partial charge in [0, 0.05) is 36.5 Å². The molecule has 37 heavy (non-hydrogen) atoms. The van der Waals surface area contributed by atoms with Crippen LogP contribution in [0.5, 0.6) is 0 Å². The molecule has 0 bridgehead atoms. The van der Waals surface area contributed by atoms with E-state index in [2.05, 4.69) is 69.1 Å². The average molecular weight is 576 g/mol. The van der Waals surface area contributed by atoms with Crippen LogP contribution in [0.3, 0.4) is 0 Å². The highest BCUT2D eigenvalue weighted by molar-refractivity contribution is 6.74. The third kappa shape index (κ3) is 11.5. The minimum absolute atomic E-state index is 0.0335. The van der Waals surface area contributed by atoms with Gasteiger partial charge in [-0.3, -0.25) is 4.79 Å². The standard InChI is InChI=1S/C27H49BCl2N2O4Si/c1-20-11-12-22(32(15-13-29)16-14-30)18-23(20)25(36-37(9,10)27(5,6)7)21(19-31-28(8)34)17-24(33)35-26(2,3)4/h11-12,18,21,25,31,34H,13-17,19H2,1-10H3. The smallest absolute Gasteiger partial charge is 0.373 e.